The normalized spacial score (nSPS) is 11.9. The lowest BCUT2D eigenvalue weighted by atomic mass is 10.1. The molecule has 0 unspecified atom stereocenters. The Morgan fingerprint density at radius 3 is 2.48 bits per heavy atom. The van der Waals surface area contributed by atoms with Crippen LogP contribution in [0.5, 0.6) is 11.5 Å². The van der Waals surface area contributed by atoms with E-state index in [2.05, 4.69) is 20.8 Å². The molecule has 0 spiro atoms. The zero-order valence-corrected chi connectivity index (χ0v) is 15.6. The third-order valence-electron chi connectivity index (χ3n) is 4.26. The maximum atomic E-state index is 12.2. The predicted molar refractivity (Wildman–Crippen MR) is 102 cm³/mol. The quantitative estimate of drug-likeness (QED) is 0.614. The van der Waals surface area contributed by atoms with Gasteiger partial charge >= 0.3 is 11.8 Å². The predicted octanol–water partition coefficient (Wildman–Crippen LogP) is 1.93. The molecule has 0 atom stereocenters. The van der Waals surface area contributed by atoms with Crippen LogP contribution in [0.1, 0.15) is 26.6 Å². The molecule has 4 rings (SSSR count). The molecule has 1 aliphatic heterocycles. The summed E-state index contributed by atoms with van der Waals surface area (Å²) in [6, 6.07) is 12.4. The third kappa shape index (κ3) is 4.18. The fourth-order valence-electron chi connectivity index (χ4n) is 2.70. The Morgan fingerprint density at radius 2 is 1.69 bits per heavy atom. The van der Waals surface area contributed by atoms with Gasteiger partial charge in [-0.05, 0) is 37.3 Å². The van der Waals surface area contributed by atoms with Gasteiger partial charge in [-0.3, -0.25) is 9.59 Å². The highest BCUT2D eigenvalue weighted by Crippen LogP contribution is 2.35. The lowest BCUT2D eigenvalue weighted by molar-refractivity contribution is 0.0898. The monoisotopic (exact) mass is 394 g/mol. The molecule has 0 aliphatic carbocycles. The average molecular weight is 394 g/mol. The summed E-state index contributed by atoms with van der Waals surface area (Å²) in [7, 11) is 0. The zero-order chi connectivity index (χ0) is 20.2. The van der Waals surface area contributed by atoms with Crippen molar-refractivity contribution in [3.8, 4) is 22.9 Å². The third-order valence-corrected chi connectivity index (χ3v) is 4.26. The molecule has 29 heavy (non-hydrogen) atoms. The second kappa shape index (κ2) is 8.01. The van der Waals surface area contributed by atoms with Crippen LogP contribution in [-0.4, -0.2) is 41.8 Å². The molecule has 0 saturated heterocycles. The summed E-state index contributed by atoms with van der Waals surface area (Å²) >= 11 is 0. The summed E-state index contributed by atoms with van der Waals surface area (Å²) in [4.78, 5) is 28.3. The standard InChI is InChI=1S/C20H18N4O5/c1-12-2-4-13(5-3-12)18(25)21-8-9-22-19(26)20-23-17(24-29-20)14-6-7-15-16(10-14)28-11-27-15/h2-7,10H,8-9,11H2,1H3,(H,21,25)(H,22,26). The lowest BCUT2D eigenvalue weighted by Crippen LogP contribution is -2.34. The highest BCUT2D eigenvalue weighted by molar-refractivity contribution is 5.94. The molecule has 0 saturated carbocycles. The molecular weight excluding hydrogens is 376 g/mol. The minimum absolute atomic E-state index is 0.164. The summed E-state index contributed by atoms with van der Waals surface area (Å²) < 4.78 is 15.6. The number of carbonyl (C=O) groups excluding carboxylic acids is 2. The minimum atomic E-state index is -0.519. The van der Waals surface area contributed by atoms with E-state index >= 15 is 0 Å². The smallest absolute Gasteiger partial charge is 0.316 e. The van der Waals surface area contributed by atoms with E-state index < -0.39 is 5.91 Å². The van der Waals surface area contributed by atoms with Gasteiger partial charge in [0.25, 0.3) is 5.91 Å². The fourth-order valence-corrected chi connectivity index (χ4v) is 2.70. The van der Waals surface area contributed by atoms with Crippen LogP contribution in [0.2, 0.25) is 0 Å². The second-order valence-electron chi connectivity index (χ2n) is 6.37. The van der Waals surface area contributed by atoms with E-state index in [0.29, 0.717) is 22.6 Å². The number of benzene rings is 2. The van der Waals surface area contributed by atoms with Crippen LogP contribution in [0.3, 0.4) is 0 Å². The van der Waals surface area contributed by atoms with Crippen molar-refractivity contribution in [3.05, 3.63) is 59.5 Å². The van der Waals surface area contributed by atoms with E-state index in [1.165, 1.54) is 0 Å². The minimum Gasteiger partial charge on any atom is -0.454 e. The van der Waals surface area contributed by atoms with Gasteiger partial charge in [0.1, 0.15) is 0 Å². The van der Waals surface area contributed by atoms with Crippen molar-refractivity contribution in [2.75, 3.05) is 19.9 Å². The molecular formula is C20H18N4O5. The van der Waals surface area contributed by atoms with Crippen molar-refractivity contribution in [1.82, 2.24) is 20.8 Å². The summed E-state index contributed by atoms with van der Waals surface area (Å²) in [5, 5.41) is 9.18. The van der Waals surface area contributed by atoms with Gasteiger partial charge in [0.2, 0.25) is 12.6 Å². The van der Waals surface area contributed by atoms with Gasteiger partial charge in [-0.1, -0.05) is 22.9 Å². The summed E-state index contributed by atoms with van der Waals surface area (Å²) in [6.45, 7) is 2.60. The number of hydrogen-bond donors (Lipinski definition) is 2. The van der Waals surface area contributed by atoms with Crippen molar-refractivity contribution < 1.29 is 23.6 Å². The zero-order valence-electron chi connectivity index (χ0n) is 15.6. The Hall–Kier alpha value is -3.88. The van der Waals surface area contributed by atoms with Crippen LogP contribution in [0.4, 0.5) is 0 Å². The van der Waals surface area contributed by atoms with Crippen LogP contribution in [-0.2, 0) is 0 Å². The van der Waals surface area contributed by atoms with E-state index in [4.69, 9.17) is 14.0 Å². The number of rotatable bonds is 6. The summed E-state index contributed by atoms with van der Waals surface area (Å²) in [5.41, 5.74) is 2.28. The van der Waals surface area contributed by atoms with Gasteiger partial charge in [-0.25, -0.2) is 0 Å². The molecule has 0 bridgehead atoms. The van der Waals surface area contributed by atoms with Crippen molar-refractivity contribution in [2.45, 2.75) is 6.92 Å². The van der Waals surface area contributed by atoms with E-state index in [1.807, 2.05) is 19.1 Å². The van der Waals surface area contributed by atoms with Crippen molar-refractivity contribution in [2.24, 2.45) is 0 Å². The number of nitrogens with one attached hydrogen (secondary N) is 2. The van der Waals surface area contributed by atoms with Gasteiger partial charge in [0.05, 0.1) is 0 Å². The highest BCUT2D eigenvalue weighted by atomic mass is 16.7. The maximum Gasteiger partial charge on any atom is 0.316 e. The summed E-state index contributed by atoms with van der Waals surface area (Å²) in [6.07, 6.45) is 0. The number of ether oxygens (including phenoxy) is 2. The molecule has 0 radical (unpaired) electrons. The Balaban J connectivity index is 1.28. The Labute approximate surface area is 166 Å². The van der Waals surface area contributed by atoms with Gasteiger partial charge in [-0.2, -0.15) is 4.98 Å². The van der Waals surface area contributed by atoms with E-state index in [-0.39, 0.29) is 37.5 Å². The largest absolute Gasteiger partial charge is 0.454 e. The SMILES string of the molecule is Cc1ccc(C(=O)NCCNC(=O)c2nc(-c3ccc4c(c3)OCO4)no2)cc1. The van der Waals surface area contributed by atoms with Crippen LogP contribution in [0.15, 0.2) is 47.0 Å². The number of hydrogen-bond acceptors (Lipinski definition) is 7. The molecule has 2 N–H and O–H groups in total. The first kappa shape index (κ1) is 18.5. The van der Waals surface area contributed by atoms with Gasteiger partial charge in [0.15, 0.2) is 11.5 Å². The average Bonchev–Trinajstić information content (AvgIpc) is 3.40. The molecule has 1 aromatic heterocycles. The van der Waals surface area contributed by atoms with E-state index in [0.717, 1.165) is 5.56 Å². The van der Waals surface area contributed by atoms with Crippen LogP contribution < -0.4 is 20.1 Å². The van der Waals surface area contributed by atoms with Gasteiger partial charge in [0, 0.05) is 24.2 Å². The molecule has 148 valence electrons. The first-order valence-corrected chi connectivity index (χ1v) is 8.97. The molecule has 9 nitrogen and oxygen atoms in total. The highest BCUT2D eigenvalue weighted by Gasteiger charge is 2.19. The van der Waals surface area contributed by atoms with E-state index in [1.54, 1.807) is 30.3 Å². The molecule has 0 fully saturated rings. The van der Waals surface area contributed by atoms with Crippen LogP contribution in [0.25, 0.3) is 11.4 Å². The molecule has 2 heterocycles. The van der Waals surface area contributed by atoms with Crippen molar-refractivity contribution >= 4 is 11.8 Å². The second-order valence-corrected chi connectivity index (χ2v) is 6.37. The van der Waals surface area contributed by atoms with E-state index in [9.17, 15) is 9.59 Å². The number of aromatic nitrogens is 2. The first-order valence-electron chi connectivity index (χ1n) is 8.97. The van der Waals surface area contributed by atoms with Crippen molar-refractivity contribution in [1.29, 1.82) is 0 Å². The first-order chi connectivity index (χ1) is 14.1. The molecule has 3 aromatic rings. The number of nitrogens with zero attached hydrogens (tertiary/aromatic N) is 2. The van der Waals surface area contributed by atoms with Gasteiger partial charge in [-0.15, -0.1) is 0 Å². The number of amides is 2. The molecule has 1 aliphatic rings. The number of fused-ring (bicyclic) bond motifs is 1. The Kier molecular flexibility index (Phi) is 5.10. The number of carbonyl (C=O) groups is 2. The molecule has 2 amide bonds. The number of aryl methyl sites for hydroxylation is 1. The van der Waals surface area contributed by atoms with Crippen LogP contribution >= 0.6 is 0 Å². The van der Waals surface area contributed by atoms with Crippen LogP contribution in [0, 0.1) is 6.92 Å². The Bertz CT molecular complexity index is 1050. The fraction of sp³-hybridized carbons (Fsp3) is 0.200. The van der Waals surface area contributed by atoms with Crippen molar-refractivity contribution in [3.63, 3.8) is 0 Å². The topological polar surface area (TPSA) is 116 Å². The lowest BCUT2D eigenvalue weighted by Gasteiger charge is -2.06. The summed E-state index contributed by atoms with van der Waals surface area (Å²) in [5.74, 6) is 0.602. The molecule has 9 heteroatoms. The van der Waals surface area contributed by atoms with Gasteiger partial charge < -0.3 is 24.6 Å². The maximum absolute atomic E-state index is 12.2. The molecule has 2 aromatic carbocycles. The Morgan fingerprint density at radius 1 is 0.966 bits per heavy atom.